The molecular formula is C14H19N3O3S. The van der Waals surface area contributed by atoms with Gasteiger partial charge < -0.3 is 11.1 Å². The summed E-state index contributed by atoms with van der Waals surface area (Å²) in [5, 5.41) is 3.24. The van der Waals surface area contributed by atoms with Crippen LogP contribution in [0, 0.1) is 0 Å². The zero-order chi connectivity index (χ0) is 15.1. The number of amides is 1. The van der Waals surface area contributed by atoms with E-state index in [1.165, 1.54) is 0 Å². The molecule has 0 saturated carbocycles. The molecule has 6 nitrogen and oxygen atoms in total. The molecule has 114 valence electrons. The van der Waals surface area contributed by atoms with Crippen LogP contribution in [0.3, 0.4) is 0 Å². The fourth-order valence-electron chi connectivity index (χ4n) is 3.39. The highest BCUT2D eigenvalue weighted by Crippen LogP contribution is 2.41. The molecule has 1 aromatic rings. The topological polar surface area (TPSA) is 92.5 Å². The fraction of sp³-hybridized carbons (Fsp3) is 0.500. The first-order chi connectivity index (χ1) is 9.98. The van der Waals surface area contributed by atoms with Gasteiger partial charge in [-0.05, 0) is 12.5 Å². The van der Waals surface area contributed by atoms with Crippen molar-refractivity contribution >= 4 is 15.7 Å². The maximum Gasteiger partial charge on any atom is 0.242 e. The van der Waals surface area contributed by atoms with E-state index in [0.29, 0.717) is 18.7 Å². The van der Waals surface area contributed by atoms with Crippen LogP contribution in [-0.2, 0) is 20.2 Å². The molecule has 1 unspecified atom stereocenters. The molecule has 1 saturated heterocycles. The molecule has 1 atom stereocenters. The molecule has 2 aliphatic rings. The lowest BCUT2D eigenvalue weighted by Crippen LogP contribution is -2.62. The van der Waals surface area contributed by atoms with E-state index in [1.54, 1.807) is 24.3 Å². The summed E-state index contributed by atoms with van der Waals surface area (Å²) >= 11 is 0. The van der Waals surface area contributed by atoms with Gasteiger partial charge in [-0.15, -0.1) is 0 Å². The molecule has 7 heteroatoms. The third-order valence-electron chi connectivity index (χ3n) is 4.46. The lowest BCUT2D eigenvalue weighted by atomic mass is 9.83. The Hall–Kier alpha value is -1.44. The summed E-state index contributed by atoms with van der Waals surface area (Å²) < 4.78 is 24.6. The van der Waals surface area contributed by atoms with Crippen LogP contribution in [-0.4, -0.2) is 51.2 Å². The van der Waals surface area contributed by atoms with Gasteiger partial charge in [-0.3, -0.25) is 9.69 Å². The van der Waals surface area contributed by atoms with E-state index in [0.717, 1.165) is 13.1 Å². The molecule has 21 heavy (non-hydrogen) atoms. The Bertz CT molecular complexity index is 668. The second-order valence-electron chi connectivity index (χ2n) is 5.53. The largest absolute Gasteiger partial charge is 0.368 e. The number of rotatable bonds is 2. The number of carbonyl (C=O) groups is 1. The molecule has 3 rings (SSSR count). The van der Waals surface area contributed by atoms with Crippen molar-refractivity contribution in [3.05, 3.63) is 29.8 Å². The summed E-state index contributed by atoms with van der Waals surface area (Å²) in [7, 11) is -3.34. The van der Waals surface area contributed by atoms with Crippen molar-refractivity contribution in [3.63, 3.8) is 0 Å². The molecule has 0 aromatic heterocycles. The SMILES string of the molecule is NC(=O)C1(N2CCNCC2)CCS(=O)(=O)c2ccccc21. The lowest BCUT2D eigenvalue weighted by molar-refractivity contribution is -0.132. The molecular weight excluding hydrogens is 290 g/mol. The monoisotopic (exact) mass is 309 g/mol. The Balaban J connectivity index is 2.20. The van der Waals surface area contributed by atoms with E-state index in [2.05, 4.69) is 5.32 Å². The van der Waals surface area contributed by atoms with Crippen LogP contribution < -0.4 is 11.1 Å². The van der Waals surface area contributed by atoms with Crippen LogP contribution in [0.4, 0.5) is 0 Å². The highest BCUT2D eigenvalue weighted by molar-refractivity contribution is 7.91. The summed E-state index contributed by atoms with van der Waals surface area (Å²) in [4.78, 5) is 14.6. The molecule has 0 radical (unpaired) electrons. The van der Waals surface area contributed by atoms with E-state index in [9.17, 15) is 13.2 Å². The minimum absolute atomic E-state index is 0.0448. The number of primary amides is 1. The van der Waals surface area contributed by atoms with Crippen molar-refractivity contribution in [2.24, 2.45) is 5.73 Å². The zero-order valence-corrected chi connectivity index (χ0v) is 12.5. The Kier molecular flexibility index (Phi) is 3.51. The van der Waals surface area contributed by atoms with E-state index in [4.69, 9.17) is 5.73 Å². The van der Waals surface area contributed by atoms with Crippen molar-refractivity contribution in [1.82, 2.24) is 10.2 Å². The Morgan fingerprint density at radius 3 is 2.57 bits per heavy atom. The van der Waals surface area contributed by atoms with Crippen LogP contribution >= 0.6 is 0 Å². The normalized spacial score (nSPS) is 28.8. The Morgan fingerprint density at radius 1 is 1.24 bits per heavy atom. The van der Waals surface area contributed by atoms with Gasteiger partial charge in [-0.25, -0.2) is 8.42 Å². The third kappa shape index (κ3) is 2.16. The molecule has 2 aliphatic heterocycles. The van der Waals surface area contributed by atoms with Gasteiger partial charge in [-0.2, -0.15) is 0 Å². The maximum absolute atomic E-state index is 12.3. The van der Waals surface area contributed by atoms with Gasteiger partial charge in [0, 0.05) is 31.7 Å². The number of carbonyl (C=O) groups excluding carboxylic acids is 1. The van der Waals surface area contributed by atoms with Crippen molar-refractivity contribution in [3.8, 4) is 0 Å². The second-order valence-corrected chi connectivity index (χ2v) is 7.60. The Labute approximate surface area is 124 Å². The first-order valence-electron chi connectivity index (χ1n) is 7.06. The number of nitrogens with zero attached hydrogens (tertiary/aromatic N) is 1. The molecule has 0 aliphatic carbocycles. The van der Waals surface area contributed by atoms with E-state index in [1.807, 2.05) is 4.90 Å². The van der Waals surface area contributed by atoms with Crippen molar-refractivity contribution in [2.45, 2.75) is 16.9 Å². The third-order valence-corrected chi connectivity index (χ3v) is 6.23. The highest BCUT2D eigenvalue weighted by atomic mass is 32.2. The molecule has 3 N–H and O–H groups in total. The van der Waals surface area contributed by atoms with Crippen molar-refractivity contribution in [1.29, 1.82) is 0 Å². The van der Waals surface area contributed by atoms with Gasteiger partial charge in [0.2, 0.25) is 5.91 Å². The quantitative estimate of drug-likeness (QED) is 0.765. The van der Waals surface area contributed by atoms with E-state index in [-0.39, 0.29) is 17.1 Å². The van der Waals surface area contributed by atoms with Gasteiger partial charge >= 0.3 is 0 Å². The average molecular weight is 309 g/mol. The maximum atomic E-state index is 12.3. The second kappa shape index (κ2) is 5.08. The molecule has 0 bridgehead atoms. The molecule has 1 amide bonds. The van der Waals surface area contributed by atoms with E-state index < -0.39 is 21.3 Å². The predicted octanol–water partition coefficient (Wildman–Crippen LogP) is -0.550. The Morgan fingerprint density at radius 2 is 1.90 bits per heavy atom. The molecule has 2 heterocycles. The first kappa shape index (κ1) is 14.5. The van der Waals surface area contributed by atoms with Crippen LogP contribution in [0.1, 0.15) is 12.0 Å². The number of nitrogens with one attached hydrogen (secondary N) is 1. The van der Waals surface area contributed by atoms with Crippen molar-refractivity contribution < 1.29 is 13.2 Å². The smallest absolute Gasteiger partial charge is 0.242 e. The summed E-state index contributed by atoms with van der Waals surface area (Å²) in [6.45, 7) is 2.89. The van der Waals surface area contributed by atoms with Crippen LogP contribution in [0.5, 0.6) is 0 Å². The average Bonchev–Trinajstić information content (AvgIpc) is 2.48. The van der Waals surface area contributed by atoms with Crippen LogP contribution in [0.15, 0.2) is 29.2 Å². The summed E-state index contributed by atoms with van der Waals surface area (Å²) in [5.74, 6) is -0.511. The summed E-state index contributed by atoms with van der Waals surface area (Å²) in [6.07, 6.45) is 0.224. The van der Waals surface area contributed by atoms with Gasteiger partial charge in [0.15, 0.2) is 9.84 Å². The number of sulfone groups is 1. The fourth-order valence-corrected chi connectivity index (χ4v) is 5.03. The van der Waals surface area contributed by atoms with Crippen LogP contribution in [0.2, 0.25) is 0 Å². The van der Waals surface area contributed by atoms with Gasteiger partial charge in [0.25, 0.3) is 0 Å². The number of hydrogen-bond donors (Lipinski definition) is 2. The zero-order valence-electron chi connectivity index (χ0n) is 11.7. The van der Waals surface area contributed by atoms with E-state index >= 15 is 0 Å². The molecule has 1 fully saturated rings. The van der Waals surface area contributed by atoms with Crippen LogP contribution in [0.25, 0.3) is 0 Å². The number of nitrogens with two attached hydrogens (primary N) is 1. The number of benzene rings is 1. The minimum atomic E-state index is -3.34. The highest BCUT2D eigenvalue weighted by Gasteiger charge is 2.50. The van der Waals surface area contributed by atoms with Gasteiger partial charge in [0.05, 0.1) is 10.6 Å². The summed E-state index contributed by atoms with van der Waals surface area (Å²) in [6, 6.07) is 6.74. The number of hydrogen-bond acceptors (Lipinski definition) is 5. The molecule has 1 aromatic carbocycles. The first-order valence-corrected chi connectivity index (χ1v) is 8.72. The minimum Gasteiger partial charge on any atom is -0.368 e. The van der Waals surface area contributed by atoms with Crippen molar-refractivity contribution in [2.75, 3.05) is 31.9 Å². The predicted molar refractivity (Wildman–Crippen MR) is 78.4 cm³/mol. The number of piperazine rings is 1. The van der Waals surface area contributed by atoms with Gasteiger partial charge in [-0.1, -0.05) is 18.2 Å². The molecule has 0 spiro atoms. The van der Waals surface area contributed by atoms with Gasteiger partial charge in [0.1, 0.15) is 5.54 Å². The number of fused-ring (bicyclic) bond motifs is 1. The standard InChI is InChI=1S/C14H19N3O3S/c15-13(18)14(17-8-6-16-7-9-17)5-10-21(19,20)12-4-2-1-3-11(12)14/h1-4,16H,5-10H2,(H2,15,18). The summed E-state index contributed by atoms with van der Waals surface area (Å²) in [5.41, 5.74) is 5.26. The lowest BCUT2D eigenvalue weighted by Gasteiger charge is -2.46.